The third-order valence-corrected chi connectivity index (χ3v) is 4.93. The summed E-state index contributed by atoms with van der Waals surface area (Å²) < 4.78 is 5.01. The van der Waals surface area contributed by atoms with E-state index in [2.05, 4.69) is 16.0 Å². The molecule has 0 spiro atoms. The van der Waals surface area contributed by atoms with Crippen LogP contribution in [0.2, 0.25) is 0 Å². The van der Waals surface area contributed by atoms with Gasteiger partial charge in [-0.25, -0.2) is 4.79 Å². The Kier molecular flexibility index (Phi) is 10.2. The van der Waals surface area contributed by atoms with Gasteiger partial charge in [0, 0.05) is 5.57 Å². The molecule has 0 bridgehead atoms. The molecule has 1 aliphatic heterocycles. The lowest BCUT2D eigenvalue weighted by Crippen LogP contribution is -2.57. The van der Waals surface area contributed by atoms with Crippen LogP contribution in [-0.4, -0.2) is 49.1 Å². The summed E-state index contributed by atoms with van der Waals surface area (Å²) in [6.07, 6.45) is 4.59. The normalized spacial score (nSPS) is 19.9. The summed E-state index contributed by atoms with van der Waals surface area (Å²) in [6.45, 7) is 12.3. The zero-order valence-electron chi connectivity index (χ0n) is 18.1. The summed E-state index contributed by atoms with van der Waals surface area (Å²) in [5, 5.41) is 9.08. The van der Waals surface area contributed by atoms with Gasteiger partial charge < -0.3 is 20.7 Å². The predicted octanol–water partition coefficient (Wildman–Crippen LogP) is 1.92. The summed E-state index contributed by atoms with van der Waals surface area (Å²) >= 11 is 0. The van der Waals surface area contributed by atoms with Gasteiger partial charge in [0.2, 0.25) is 11.8 Å². The van der Waals surface area contributed by atoms with Gasteiger partial charge in [0.05, 0.1) is 18.7 Å². The van der Waals surface area contributed by atoms with Crippen molar-refractivity contribution in [1.29, 1.82) is 0 Å². The lowest BCUT2D eigenvalue weighted by molar-refractivity contribution is -0.138. The molecule has 1 rings (SSSR count). The van der Waals surface area contributed by atoms with E-state index in [1.54, 1.807) is 19.9 Å². The minimum absolute atomic E-state index is 0.0597. The summed E-state index contributed by atoms with van der Waals surface area (Å²) in [4.78, 5) is 37.3. The lowest BCUT2D eigenvalue weighted by atomic mass is 9.98. The van der Waals surface area contributed by atoms with Crippen LogP contribution in [0.15, 0.2) is 11.6 Å². The zero-order valence-corrected chi connectivity index (χ0v) is 18.1. The standard InChI is InChI=1S/C21H37N3O4/c1-7-28-21(27)15(6)12-17(13(2)3)23-20(26)18(14(4)5)24-19(25)16-10-8-9-11-22-16/h12-14,16-18,22H,7-11H2,1-6H3,(H,23,26)(H,24,25)/b15-12+/t16?,17-,18?/m1/s1. The average molecular weight is 396 g/mol. The molecule has 28 heavy (non-hydrogen) atoms. The van der Waals surface area contributed by atoms with Crippen LogP contribution in [0.5, 0.6) is 0 Å². The van der Waals surface area contributed by atoms with Crippen molar-refractivity contribution >= 4 is 17.8 Å². The van der Waals surface area contributed by atoms with E-state index >= 15 is 0 Å². The molecule has 0 saturated carbocycles. The van der Waals surface area contributed by atoms with E-state index < -0.39 is 6.04 Å². The van der Waals surface area contributed by atoms with E-state index in [0.717, 1.165) is 25.8 Å². The maximum atomic E-state index is 12.9. The molecular formula is C21H37N3O4. The lowest BCUT2D eigenvalue weighted by Gasteiger charge is -2.29. The number of piperidine rings is 1. The molecule has 1 heterocycles. The summed E-state index contributed by atoms with van der Waals surface area (Å²) in [5.41, 5.74) is 0.456. The van der Waals surface area contributed by atoms with Crippen molar-refractivity contribution in [2.24, 2.45) is 11.8 Å². The van der Waals surface area contributed by atoms with E-state index in [1.807, 2.05) is 27.7 Å². The Labute approximate surface area is 169 Å². The number of nitrogens with one attached hydrogen (secondary N) is 3. The molecule has 1 fully saturated rings. The molecule has 160 valence electrons. The van der Waals surface area contributed by atoms with Gasteiger partial charge in [0.25, 0.3) is 0 Å². The van der Waals surface area contributed by atoms with Crippen LogP contribution in [0.3, 0.4) is 0 Å². The van der Waals surface area contributed by atoms with Crippen molar-refractivity contribution in [2.75, 3.05) is 13.2 Å². The SMILES string of the molecule is CCOC(=O)/C(C)=C/[C@@H](NC(=O)C(NC(=O)C1CCCCN1)C(C)C)C(C)C. The molecule has 1 saturated heterocycles. The summed E-state index contributed by atoms with van der Waals surface area (Å²) in [7, 11) is 0. The third-order valence-electron chi connectivity index (χ3n) is 4.93. The number of hydrogen-bond acceptors (Lipinski definition) is 5. The first-order chi connectivity index (χ1) is 13.2. The first kappa shape index (κ1) is 24.1. The monoisotopic (exact) mass is 395 g/mol. The topological polar surface area (TPSA) is 96.5 Å². The highest BCUT2D eigenvalue weighted by atomic mass is 16.5. The van der Waals surface area contributed by atoms with Crippen LogP contribution in [0.4, 0.5) is 0 Å². The van der Waals surface area contributed by atoms with Crippen LogP contribution in [0, 0.1) is 11.8 Å². The fourth-order valence-electron chi connectivity index (χ4n) is 3.10. The Morgan fingerprint density at radius 2 is 1.79 bits per heavy atom. The van der Waals surface area contributed by atoms with Crippen molar-refractivity contribution in [3.05, 3.63) is 11.6 Å². The van der Waals surface area contributed by atoms with Crippen molar-refractivity contribution < 1.29 is 19.1 Å². The van der Waals surface area contributed by atoms with Gasteiger partial charge >= 0.3 is 5.97 Å². The molecule has 2 amide bonds. The molecule has 2 unspecified atom stereocenters. The van der Waals surface area contributed by atoms with E-state index in [1.165, 1.54) is 0 Å². The minimum atomic E-state index is -0.631. The molecule has 3 atom stereocenters. The molecule has 0 aromatic rings. The first-order valence-electron chi connectivity index (χ1n) is 10.4. The number of hydrogen-bond donors (Lipinski definition) is 3. The maximum Gasteiger partial charge on any atom is 0.333 e. The highest BCUT2D eigenvalue weighted by molar-refractivity contribution is 5.91. The predicted molar refractivity (Wildman–Crippen MR) is 110 cm³/mol. The summed E-state index contributed by atoms with van der Waals surface area (Å²) in [6, 6.07) is -1.20. The van der Waals surface area contributed by atoms with E-state index in [4.69, 9.17) is 4.74 Å². The van der Waals surface area contributed by atoms with Crippen LogP contribution in [-0.2, 0) is 19.1 Å². The van der Waals surface area contributed by atoms with Gasteiger partial charge in [-0.15, -0.1) is 0 Å². The molecule has 0 aromatic heterocycles. The van der Waals surface area contributed by atoms with Gasteiger partial charge in [0.15, 0.2) is 0 Å². The second-order valence-electron chi connectivity index (χ2n) is 8.08. The molecule has 1 aliphatic rings. The maximum absolute atomic E-state index is 12.9. The number of esters is 1. The average Bonchev–Trinajstić information content (AvgIpc) is 2.65. The number of carbonyl (C=O) groups is 3. The highest BCUT2D eigenvalue weighted by Gasteiger charge is 2.30. The second-order valence-corrected chi connectivity index (χ2v) is 8.08. The van der Waals surface area contributed by atoms with Crippen LogP contribution in [0.1, 0.15) is 60.8 Å². The fourth-order valence-corrected chi connectivity index (χ4v) is 3.10. The van der Waals surface area contributed by atoms with Crippen molar-refractivity contribution in [2.45, 2.75) is 78.9 Å². The molecule has 0 aliphatic carbocycles. The Hall–Kier alpha value is -1.89. The van der Waals surface area contributed by atoms with Crippen LogP contribution < -0.4 is 16.0 Å². The third kappa shape index (κ3) is 7.62. The van der Waals surface area contributed by atoms with E-state index in [-0.39, 0.29) is 41.7 Å². The number of rotatable bonds is 9. The van der Waals surface area contributed by atoms with E-state index in [0.29, 0.717) is 12.2 Å². The number of amides is 2. The number of ether oxygens (including phenoxy) is 1. The number of carbonyl (C=O) groups excluding carboxylic acids is 3. The minimum Gasteiger partial charge on any atom is -0.463 e. The fraction of sp³-hybridized carbons (Fsp3) is 0.762. The smallest absolute Gasteiger partial charge is 0.333 e. The molecule has 0 radical (unpaired) electrons. The van der Waals surface area contributed by atoms with Gasteiger partial charge in [0.1, 0.15) is 6.04 Å². The van der Waals surface area contributed by atoms with Crippen LogP contribution >= 0.6 is 0 Å². The first-order valence-corrected chi connectivity index (χ1v) is 10.4. The summed E-state index contributed by atoms with van der Waals surface area (Å²) in [5.74, 6) is -0.745. The van der Waals surface area contributed by atoms with Crippen molar-refractivity contribution in [3.63, 3.8) is 0 Å². The van der Waals surface area contributed by atoms with Crippen molar-refractivity contribution in [3.8, 4) is 0 Å². The Morgan fingerprint density at radius 3 is 2.29 bits per heavy atom. The Morgan fingerprint density at radius 1 is 1.11 bits per heavy atom. The largest absolute Gasteiger partial charge is 0.463 e. The molecule has 7 heteroatoms. The van der Waals surface area contributed by atoms with Gasteiger partial charge in [-0.05, 0) is 45.1 Å². The van der Waals surface area contributed by atoms with Gasteiger partial charge in [-0.1, -0.05) is 40.2 Å². The van der Waals surface area contributed by atoms with Crippen molar-refractivity contribution in [1.82, 2.24) is 16.0 Å². The molecule has 7 nitrogen and oxygen atoms in total. The molecule has 3 N–H and O–H groups in total. The Balaban J connectivity index is 2.82. The van der Waals surface area contributed by atoms with E-state index in [9.17, 15) is 14.4 Å². The highest BCUT2D eigenvalue weighted by Crippen LogP contribution is 2.12. The zero-order chi connectivity index (χ0) is 21.3. The Bertz CT molecular complexity index is 566. The van der Waals surface area contributed by atoms with Gasteiger partial charge in [-0.3, -0.25) is 9.59 Å². The second kappa shape index (κ2) is 11.8. The molecular weight excluding hydrogens is 358 g/mol. The van der Waals surface area contributed by atoms with Crippen LogP contribution in [0.25, 0.3) is 0 Å². The van der Waals surface area contributed by atoms with Gasteiger partial charge in [-0.2, -0.15) is 0 Å². The quantitative estimate of drug-likeness (QED) is 0.409. The molecule has 0 aromatic carbocycles.